The van der Waals surface area contributed by atoms with E-state index in [1.165, 1.54) is 12.0 Å². The number of benzene rings is 1. The topological polar surface area (TPSA) is 41.1 Å². The van der Waals surface area contributed by atoms with Gasteiger partial charge in [0.25, 0.3) is 5.91 Å². The monoisotopic (exact) mass is 306 g/mol. The van der Waals surface area contributed by atoms with E-state index in [0.29, 0.717) is 10.7 Å². The first-order chi connectivity index (χ1) is 9.84. The van der Waals surface area contributed by atoms with E-state index in [0.717, 1.165) is 19.4 Å². The molecule has 0 aliphatic carbocycles. The summed E-state index contributed by atoms with van der Waals surface area (Å²) in [6.45, 7) is 9.41. The third-order valence-corrected chi connectivity index (χ3v) is 3.55. The lowest BCUT2D eigenvalue weighted by Gasteiger charge is -2.19. The summed E-state index contributed by atoms with van der Waals surface area (Å²) in [6, 6.07) is 7.67. The fourth-order valence-corrected chi connectivity index (χ4v) is 2.11. The van der Waals surface area contributed by atoms with Crippen molar-refractivity contribution < 1.29 is 4.79 Å². The number of hydrogen-bond donors (Lipinski definition) is 2. The van der Waals surface area contributed by atoms with E-state index in [9.17, 15) is 4.79 Å². The van der Waals surface area contributed by atoms with Gasteiger partial charge in [-0.1, -0.05) is 52.7 Å². The minimum Gasteiger partial charge on any atom is -0.362 e. The Morgan fingerprint density at radius 3 is 2.29 bits per heavy atom. The Hall–Kier alpha value is -1.42. The van der Waals surface area contributed by atoms with Gasteiger partial charge >= 0.3 is 0 Å². The van der Waals surface area contributed by atoms with Gasteiger partial charge in [0, 0.05) is 12.1 Å². The Labute approximate surface area is 133 Å². The molecule has 1 aromatic carbocycles. The van der Waals surface area contributed by atoms with Crippen LogP contribution in [-0.2, 0) is 5.41 Å². The first-order valence-electron chi connectivity index (χ1n) is 7.54. The van der Waals surface area contributed by atoms with Gasteiger partial charge in [-0.05, 0) is 41.7 Å². The molecule has 1 amide bonds. The van der Waals surface area contributed by atoms with Gasteiger partial charge in [0.2, 0.25) is 0 Å². The minimum atomic E-state index is -0.163. The number of hydrogen-bond acceptors (Lipinski definition) is 2. The van der Waals surface area contributed by atoms with Crippen LogP contribution in [0.4, 0.5) is 0 Å². The van der Waals surface area contributed by atoms with E-state index < -0.39 is 0 Å². The van der Waals surface area contributed by atoms with Crippen molar-refractivity contribution in [3.05, 3.63) is 35.4 Å². The summed E-state index contributed by atoms with van der Waals surface area (Å²) in [4.78, 5) is 12.1. The lowest BCUT2D eigenvalue weighted by Crippen LogP contribution is -2.39. The highest BCUT2D eigenvalue weighted by Crippen LogP contribution is 2.22. The lowest BCUT2D eigenvalue weighted by atomic mass is 9.87. The fourth-order valence-electron chi connectivity index (χ4n) is 1.92. The molecule has 3 nitrogen and oxygen atoms in total. The van der Waals surface area contributed by atoms with E-state index in [1.54, 1.807) is 0 Å². The van der Waals surface area contributed by atoms with E-state index in [-0.39, 0.29) is 11.3 Å². The van der Waals surface area contributed by atoms with Gasteiger partial charge < -0.3 is 5.32 Å². The standard InChI is InChI=1S/C17H26N2OS/c1-5-6-7-12-18-16(21)19-15(20)13-8-10-14(11-9-13)17(2,3)4/h8-11H,5-7,12H2,1-4H3,(H2,18,19,20,21). The average Bonchev–Trinajstić information content (AvgIpc) is 2.43. The molecule has 0 unspecified atom stereocenters. The predicted octanol–water partition coefficient (Wildman–Crippen LogP) is 3.78. The van der Waals surface area contributed by atoms with Crippen LogP contribution < -0.4 is 10.6 Å². The zero-order valence-corrected chi connectivity index (χ0v) is 14.3. The number of carbonyl (C=O) groups is 1. The Morgan fingerprint density at radius 1 is 1.14 bits per heavy atom. The van der Waals surface area contributed by atoms with Crippen LogP contribution in [0.25, 0.3) is 0 Å². The van der Waals surface area contributed by atoms with Crippen molar-refractivity contribution in [1.29, 1.82) is 0 Å². The van der Waals surface area contributed by atoms with Crippen LogP contribution in [0.2, 0.25) is 0 Å². The maximum atomic E-state index is 12.1. The number of nitrogens with one attached hydrogen (secondary N) is 2. The van der Waals surface area contributed by atoms with Crippen LogP contribution in [-0.4, -0.2) is 17.6 Å². The molecule has 1 rings (SSSR count). The van der Waals surface area contributed by atoms with Crippen molar-refractivity contribution in [3.8, 4) is 0 Å². The largest absolute Gasteiger partial charge is 0.362 e. The Morgan fingerprint density at radius 2 is 1.76 bits per heavy atom. The van der Waals surface area contributed by atoms with E-state index in [4.69, 9.17) is 12.2 Å². The lowest BCUT2D eigenvalue weighted by molar-refractivity contribution is 0.0976. The van der Waals surface area contributed by atoms with Crippen LogP contribution in [0.3, 0.4) is 0 Å². The molecular weight excluding hydrogens is 280 g/mol. The summed E-state index contributed by atoms with van der Waals surface area (Å²) in [5.41, 5.74) is 1.92. The number of rotatable bonds is 5. The molecular formula is C17H26N2OS. The van der Waals surface area contributed by atoms with Crippen LogP contribution in [0, 0.1) is 0 Å². The molecule has 0 aliphatic heterocycles. The molecule has 0 aliphatic rings. The summed E-state index contributed by atoms with van der Waals surface area (Å²) in [5.74, 6) is -0.163. The molecule has 2 N–H and O–H groups in total. The second kappa shape index (κ2) is 8.13. The summed E-state index contributed by atoms with van der Waals surface area (Å²) in [7, 11) is 0. The minimum absolute atomic E-state index is 0.0884. The predicted molar refractivity (Wildman–Crippen MR) is 92.7 cm³/mol. The first-order valence-corrected chi connectivity index (χ1v) is 7.95. The van der Waals surface area contributed by atoms with Crippen LogP contribution in [0.1, 0.15) is 62.9 Å². The third kappa shape index (κ3) is 6.25. The smallest absolute Gasteiger partial charge is 0.257 e. The van der Waals surface area contributed by atoms with Crippen molar-refractivity contribution in [2.24, 2.45) is 0 Å². The molecule has 0 bridgehead atoms. The van der Waals surface area contributed by atoms with E-state index >= 15 is 0 Å². The summed E-state index contributed by atoms with van der Waals surface area (Å²) < 4.78 is 0. The van der Waals surface area contributed by atoms with Crippen molar-refractivity contribution in [2.45, 2.75) is 52.4 Å². The van der Waals surface area contributed by atoms with Gasteiger partial charge in [-0.2, -0.15) is 0 Å². The summed E-state index contributed by atoms with van der Waals surface area (Å²) in [6.07, 6.45) is 3.39. The van der Waals surface area contributed by atoms with Crippen molar-refractivity contribution >= 4 is 23.2 Å². The molecule has 0 aromatic heterocycles. The van der Waals surface area contributed by atoms with Gasteiger partial charge in [0.15, 0.2) is 5.11 Å². The maximum absolute atomic E-state index is 12.1. The molecule has 0 saturated carbocycles. The highest BCUT2D eigenvalue weighted by Gasteiger charge is 2.14. The van der Waals surface area contributed by atoms with E-state index in [1.807, 2.05) is 24.3 Å². The molecule has 116 valence electrons. The average molecular weight is 306 g/mol. The zero-order valence-electron chi connectivity index (χ0n) is 13.5. The van der Waals surface area contributed by atoms with Crippen molar-refractivity contribution in [3.63, 3.8) is 0 Å². The number of unbranched alkanes of at least 4 members (excludes halogenated alkanes) is 2. The molecule has 0 spiro atoms. The quantitative estimate of drug-likeness (QED) is 0.642. The maximum Gasteiger partial charge on any atom is 0.257 e. The Kier molecular flexibility index (Phi) is 6.82. The molecule has 4 heteroatoms. The van der Waals surface area contributed by atoms with Gasteiger partial charge in [-0.3, -0.25) is 10.1 Å². The zero-order chi connectivity index (χ0) is 15.9. The number of thiocarbonyl (C=S) groups is 1. The molecule has 0 fully saturated rings. The SMILES string of the molecule is CCCCCNC(=S)NC(=O)c1ccc(C(C)(C)C)cc1. The third-order valence-electron chi connectivity index (χ3n) is 3.31. The molecule has 0 atom stereocenters. The molecule has 0 heterocycles. The van der Waals surface area contributed by atoms with Crippen LogP contribution in [0.5, 0.6) is 0 Å². The summed E-state index contributed by atoms with van der Waals surface area (Å²) in [5, 5.41) is 6.17. The van der Waals surface area contributed by atoms with Gasteiger partial charge in [0.05, 0.1) is 0 Å². The molecule has 21 heavy (non-hydrogen) atoms. The van der Waals surface area contributed by atoms with Gasteiger partial charge in [-0.25, -0.2) is 0 Å². The molecule has 0 saturated heterocycles. The highest BCUT2D eigenvalue weighted by atomic mass is 32.1. The summed E-state index contributed by atoms with van der Waals surface area (Å²) >= 11 is 5.12. The number of carbonyl (C=O) groups excluding carboxylic acids is 1. The Bertz CT molecular complexity index is 475. The fraction of sp³-hybridized carbons (Fsp3) is 0.529. The van der Waals surface area contributed by atoms with Crippen molar-refractivity contribution in [2.75, 3.05) is 6.54 Å². The van der Waals surface area contributed by atoms with Crippen molar-refractivity contribution in [1.82, 2.24) is 10.6 Å². The van der Waals surface area contributed by atoms with Crippen LogP contribution in [0.15, 0.2) is 24.3 Å². The second-order valence-electron chi connectivity index (χ2n) is 6.24. The van der Waals surface area contributed by atoms with Gasteiger partial charge in [-0.15, -0.1) is 0 Å². The first kappa shape index (κ1) is 17.6. The highest BCUT2D eigenvalue weighted by molar-refractivity contribution is 7.80. The second-order valence-corrected chi connectivity index (χ2v) is 6.65. The normalized spacial score (nSPS) is 11.0. The molecule has 0 radical (unpaired) electrons. The van der Waals surface area contributed by atoms with E-state index in [2.05, 4.69) is 38.3 Å². The molecule has 1 aromatic rings. The van der Waals surface area contributed by atoms with Crippen LogP contribution >= 0.6 is 12.2 Å². The number of amides is 1. The Balaban J connectivity index is 2.50. The van der Waals surface area contributed by atoms with Gasteiger partial charge in [0.1, 0.15) is 0 Å².